The monoisotopic (exact) mass is 279 g/mol. The molecule has 1 saturated carbocycles. The number of aromatic nitrogens is 2. The van der Waals surface area contributed by atoms with E-state index in [9.17, 15) is 5.11 Å². The highest BCUT2D eigenvalue weighted by Gasteiger charge is 2.40. The molecule has 0 bridgehead atoms. The first-order chi connectivity index (χ1) is 9.81. The fourth-order valence-corrected chi connectivity index (χ4v) is 3.39. The molecule has 2 atom stereocenters. The van der Waals surface area contributed by atoms with Crippen LogP contribution in [0, 0.1) is 0 Å². The maximum absolute atomic E-state index is 10.0. The maximum atomic E-state index is 10.0. The number of aliphatic hydroxyl groups is 1. The van der Waals surface area contributed by atoms with Gasteiger partial charge in [-0.3, -0.25) is 4.90 Å². The fourth-order valence-electron chi connectivity index (χ4n) is 3.39. The first kappa shape index (κ1) is 12.7. The van der Waals surface area contributed by atoms with E-state index in [-0.39, 0.29) is 12.1 Å². The van der Waals surface area contributed by atoms with Gasteiger partial charge >= 0.3 is 0 Å². The van der Waals surface area contributed by atoms with Crippen LogP contribution in [-0.2, 0) is 4.74 Å². The van der Waals surface area contributed by atoms with E-state index in [1.165, 1.54) is 12.8 Å². The molecule has 4 rings (SSSR count). The second-order valence-electron chi connectivity index (χ2n) is 6.21. The number of aliphatic hydroxyl groups excluding tert-OH is 1. The van der Waals surface area contributed by atoms with Gasteiger partial charge in [0.2, 0.25) is 5.89 Å². The van der Waals surface area contributed by atoms with Crippen LogP contribution in [0.3, 0.4) is 0 Å². The topological polar surface area (TPSA) is 71.6 Å². The number of hydrogen-bond donors (Lipinski definition) is 1. The molecule has 0 amide bonds. The van der Waals surface area contributed by atoms with Crippen LogP contribution in [0.15, 0.2) is 4.52 Å². The summed E-state index contributed by atoms with van der Waals surface area (Å²) in [5, 5.41) is 14.1. The summed E-state index contributed by atoms with van der Waals surface area (Å²) in [6, 6.07) is 0.537. The van der Waals surface area contributed by atoms with Crippen LogP contribution in [0.4, 0.5) is 0 Å². The smallest absolute Gasteiger partial charge is 0.244 e. The number of rotatable bonds is 3. The van der Waals surface area contributed by atoms with Crippen molar-refractivity contribution in [2.45, 2.75) is 56.2 Å². The molecule has 1 aromatic rings. The summed E-state index contributed by atoms with van der Waals surface area (Å²) >= 11 is 0. The Balaban J connectivity index is 1.53. The Hall–Kier alpha value is -0.980. The standard InChI is InChI=1S/C14H21N3O3/c18-11-7-12(14-15-13(16-20-14)9-1-2-9)17(8-11)10-3-5-19-6-4-10/h9-12,18H,1-8H2/t11-,12+/m1/s1. The average Bonchev–Trinajstić information content (AvgIpc) is 3.08. The van der Waals surface area contributed by atoms with E-state index in [4.69, 9.17) is 9.26 Å². The van der Waals surface area contributed by atoms with Crippen LogP contribution in [0.25, 0.3) is 0 Å². The lowest BCUT2D eigenvalue weighted by Gasteiger charge is -2.33. The molecule has 0 radical (unpaired) electrons. The third-order valence-corrected chi connectivity index (χ3v) is 4.66. The third-order valence-electron chi connectivity index (χ3n) is 4.66. The molecule has 0 spiro atoms. The van der Waals surface area contributed by atoms with Crippen LogP contribution in [0.2, 0.25) is 0 Å². The molecule has 2 aliphatic heterocycles. The highest BCUT2D eigenvalue weighted by atomic mass is 16.5. The van der Waals surface area contributed by atoms with Gasteiger partial charge in [0.15, 0.2) is 5.82 Å². The van der Waals surface area contributed by atoms with Crippen LogP contribution >= 0.6 is 0 Å². The van der Waals surface area contributed by atoms with Gasteiger partial charge in [0.05, 0.1) is 12.1 Å². The first-order valence-corrected chi connectivity index (χ1v) is 7.66. The Morgan fingerprint density at radius 3 is 2.70 bits per heavy atom. The molecule has 3 heterocycles. The summed E-state index contributed by atoms with van der Waals surface area (Å²) in [4.78, 5) is 6.92. The van der Waals surface area contributed by atoms with Gasteiger partial charge in [0, 0.05) is 31.7 Å². The molecule has 6 heteroatoms. The number of nitrogens with zero attached hydrogens (tertiary/aromatic N) is 3. The van der Waals surface area contributed by atoms with Crippen molar-refractivity contribution in [3.8, 4) is 0 Å². The Morgan fingerprint density at radius 1 is 1.15 bits per heavy atom. The molecule has 3 fully saturated rings. The van der Waals surface area contributed by atoms with Gasteiger partial charge in [-0.2, -0.15) is 4.98 Å². The van der Waals surface area contributed by atoms with Crippen molar-refractivity contribution >= 4 is 0 Å². The number of likely N-dealkylation sites (tertiary alicyclic amines) is 1. The van der Waals surface area contributed by atoms with Crippen LogP contribution in [-0.4, -0.2) is 52.1 Å². The molecule has 0 aromatic carbocycles. The lowest BCUT2D eigenvalue weighted by atomic mass is 10.1. The quantitative estimate of drug-likeness (QED) is 0.897. The highest BCUT2D eigenvalue weighted by molar-refractivity contribution is 5.07. The number of hydrogen-bond acceptors (Lipinski definition) is 6. The van der Waals surface area contributed by atoms with Gasteiger partial charge in [0.1, 0.15) is 0 Å². The summed E-state index contributed by atoms with van der Waals surface area (Å²) in [6.07, 6.45) is 4.80. The van der Waals surface area contributed by atoms with E-state index in [2.05, 4.69) is 15.0 Å². The fraction of sp³-hybridized carbons (Fsp3) is 0.857. The predicted octanol–water partition coefficient (Wildman–Crippen LogP) is 1.23. The lowest BCUT2D eigenvalue weighted by Crippen LogP contribution is -2.39. The molecule has 3 aliphatic rings. The average molecular weight is 279 g/mol. The van der Waals surface area contributed by atoms with Gasteiger partial charge in [-0.1, -0.05) is 5.16 Å². The minimum absolute atomic E-state index is 0.0769. The zero-order valence-corrected chi connectivity index (χ0v) is 11.6. The minimum atomic E-state index is -0.292. The van der Waals surface area contributed by atoms with Gasteiger partial charge in [0.25, 0.3) is 0 Å². The minimum Gasteiger partial charge on any atom is -0.392 e. The van der Waals surface area contributed by atoms with E-state index in [0.717, 1.165) is 31.9 Å². The van der Waals surface area contributed by atoms with Crippen molar-refractivity contribution in [2.75, 3.05) is 19.8 Å². The lowest BCUT2D eigenvalue weighted by molar-refractivity contribution is 0.0214. The summed E-state index contributed by atoms with van der Waals surface area (Å²) in [7, 11) is 0. The number of β-amino-alcohol motifs (C(OH)–C–C–N with tert-alkyl or cyclic N) is 1. The van der Waals surface area contributed by atoms with E-state index in [1.807, 2.05) is 0 Å². The summed E-state index contributed by atoms with van der Waals surface area (Å²) < 4.78 is 10.9. The largest absolute Gasteiger partial charge is 0.392 e. The van der Waals surface area contributed by atoms with Crippen LogP contribution in [0.5, 0.6) is 0 Å². The molecule has 1 aliphatic carbocycles. The Labute approximate surface area is 118 Å². The van der Waals surface area contributed by atoms with Crippen LogP contribution < -0.4 is 0 Å². The van der Waals surface area contributed by atoms with E-state index in [0.29, 0.717) is 30.8 Å². The maximum Gasteiger partial charge on any atom is 0.244 e. The Morgan fingerprint density at radius 2 is 1.95 bits per heavy atom. The molecular formula is C14H21N3O3. The second kappa shape index (κ2) is 5.09. The SMILES string of the molecule is O[C@@H]1C[C@@H](c2nc(C3CC3)no2)N(C2CCOCC2)C1. The zero-order chi connectivity index (χ0) is 13.5. The molecule has 1 N–H and O–H groups in total. The molecule has 1 aromatic heterocycles. The van der Waals surface area contributed by atoms with E-state index in [1.54, 1.807) is 0 Å². The van der Waals surface area contributed by atoms with Crippen molar-refractivity contribution < 1.29 is 14.4 Å². The van der Waals surface area contributed by atoms with Gasteiger partial charge in [-0.15, -0.1) is 0 Å². The van der Waals surface area contributed by atoms with Crippen molar-refractivity contribution in [3.05, 3.63) is 11.7 Å². The Kier molecular flexibility index (Phi) is 3.24. The zero-order valence-electron chi connectivity index (χ0n) is 11.6. The Bertz CT molecular complexity index is 468. The molecule has 6 nitrogen and oxygen atoms in total. The van der Waals surface area contributed by atoms with Crippen molar-refractivity contribution in [1.82, 2.24) is 15.0 Å². The van der Waals surface area contributed by atoms with Gasteiger partial charge in [-0.25, -0.2) is 0 Å². The summed E-state index contributed by atoms with van der Waals surface area (Å²) in [5.41, 5.74) is 0. The van der Waals surface area contributed by atoms with Gasteiger partial charge < -0.3 is 14.4 Å². The number of ether oxygens (including phenoxy) is 1. The molecule has 0 unspecified atom stereocenters. The summed E-state index contributed by atoms with van der Waals surface area (Å²) in [6.45, 7) is 2.32. The van der Waals surface area contributed by atoms with Crippen molar-refractivity contribution in [1.29, 1.82) is 0 Å². The molecule has 110 valence electrons. The van der Waals surface area contributed by atoms with Crippen molar-refractivity contribution in [2.24, 2.45) is 0 Å². The van der Waals surface area contributed by atoms with Crippen LogP contribution in [0.1, 0.15) is 55.8 Å². The van der Waals surface area contributed by atoms with E-state index >= 15 is 0 Å². The predicted molar refractivity (Wildman–Crippen MR) is 70.2 cm³/mol. The first-order valence-electron chi connectivity index (χ1n) is 7.66. The van der Waals surface area contributed by atoms with E-state index < -0.39 is 0 Å². The molecule has 2 saturated heterocycles. The second-order valence-corrected chi connectivity index (χ2v) is 6.21. The third kappa shape index (κ3) is 2.36. The highest BCUT2D eigenvalue weighted by Crippen LogP contribution is 2.40. The molecular weight excluding hydrogens is 258 g/mol. The molecule has 20 heavy (non-hydrogen) atoms. The van der Waals surface area contributed by atoms with Crippen molar-refractivity contribution in [3.63, 3.8) is 0 Å². The summed E-state index contributed by atoms with van der Waals surface area (Å²) in [5.74, 6) is 2.05. The normalized spacial score (nSPS) is 32.9. The van der Waals surface area contributed by atoms with Gasteiger partial charge in [-0.05, 0) is 32.1 Å².